The molecule has 0 saturated carbocycles. The van der Waals surface area contributed by atoms with Crippen molar-refractivity contribution in [1.82, 2.24) is 19.7 Å². The topological polar surface area (TPSA) is 46.5 Å². The number of aromatic amines is 1. The summed E-state index contributed by atoms with van der Waals surface area (Å²) < 4.78 is 15.4. The van der Waals surface area contributed by atoms with Crippen LogP contribution in [-0.4, -0.2) is 19.7 Å². The van der Waals surface area contributed by atoms with Crippen LogP contribution in [0.15, 0.2) is 18.5 Å². The summed E-state index contributed by atoms with van der Waals surface area (Å²) in [5, 5.41) is 6.79. The molecule has 0 aliphatic heterocycles. The smallest absolute Gasteiger partial charge is 0.195 e. The Morgan fingerprint density at radius 2 is 2.31 bits per heavy atom. The molecule has 16 heavy (non-hydrogen) atoms. The van der Waals surface area contributed by atoms with E-state index in [0.29, 0.717) is 16.2 Å². The predicted molar refractivity (Wildman–Crippen MR) is 60.9 cm³/mol. The van der Waals surface area contributed by atoms with Crippen molar-refractivity contribution >= 4 is 12.2 Å². The zero-order valence-electron chi connectivity index (χ0n) is 8.77. The van der Waals surface area contributed by atoms with Gasteiger partial charge < -0.3 is 4.57 Å². The Morgan fingerprint density at radius 3 is 3.00 bits per heavy atom. The number of aromatic nitrogens is 4. The van der Waals surface area contributed by atoms with Crippen LogP contribution in [0.4, 0.5) is 4.39 Å². The first-order valence-corrected chi connectivity index (χ1v) is 5.39. The summed E-state index contributed by atoms with van der Waals surface area (Å²) in [6.07, 6.45) is 3.67. The van der Waals surface area contributed by atoms with E-state index in [-0.39, 0.29) is 5.82 Å². The van der Waals surface area contributed by atoms with Gasteiger partial charge in [0.25, 0.3) is 0 Å². The van der Waals surface area contributed by atoms with Crippen molar-refractivity contribution in [3.8, 4) is 11.4 Å². The Balaban J connectivity index is 2.51. The molecule has 0 unspecified atom stereocenters. The minimum absolute atomic E-state index is 0.380. The van der Waals surface area contributed by atoms with E-state index in [1.807, 2.05) is 11.5 Å². The number of pyridine rings is 1. The van der Waals surface area contributed by atoms with Crippen LogP contribution in [0.2, 0.25) is 0 Å². The standard InChI is InChI=1S/C10H11FN4S/c1-2-3-15-9(13-14-10(15)16)7-4-8(11)6-12-5-7/h4-6H,2-3H2,1H3,(H,14,16). The molecule has 6 heteroatoms. The highest BCUT2D eigenvalue weighted by atomic mass is 32.1. The highest BCUT2D eigenvalue weighted by Gasteiger charge is 2.08. The Bertz CT molecular complexity index is 546. The summed E-state index contributed by atoms with van der Waals surface area (Å²) in [7, 11) is 0. The molecule has 0 aliphatic rings. The van der Waals surface area contributed by atoms with Crippen LogP contribution >= 0.6 is 12.2 Å². The lowest BCUT2D eigenvalue weighted by Gasteiger charge is -2.04. The molecule has 4 nitrogen and oxygen atoms in total. The van der Waals surface area contributed by atoms with Crippen LogP contribution < -0.4 is 0 Å². The molecule has 0 saturated heterocycles. The number of H-pyrrole nitrogens is 1. The maximum Gasteiger partial charge on any atom is 0.195 e. The van der Waals surface area contributed by atoms with Crippen LogP contribution in [0.5, 0.6) is 0 Å². The average molecular weight is 238 g/mol. The van der Waals surface area contributed by atoms with Gasteiger partial charge in [-0.2, -0.15) is 5.10 Å². The van der Waals surface area contributed by atoms with E-state index in [2.05, 4.69) is 15.2 Å². The zero-order chi connectivity index (χ0) is 11.5. The maximum absolute atomic E-state index is 13.0. The molecule has 0 aliphatic carbocycles. The SMILES string of the molecule is CCCn1c(-c2cncc(F)c2)n[nH]c1=S. The summed E-state index contributed by atoms with van der Waals surface area (Å²) in [5.74, 6) is 0.244. The Kier molecular flexibility index (Phi) is 3.09. The summed E-state index contributed by atoms with van der Waals surface area (Å²) in [5.41, 5.74) is 0.626. The second-order valence-corrected chi connectivity index (χ2v) is 3.78. The Hall–Kier alpha value is -1.56. The molecule has 0 bridgehead atoms. The molecule has 2 rings (SSSR count). The van der Waals surface area contributed by atoms with Crippen molar-refractivity contribution in [2.45, 2.75) is 19.9 Å². The summed E-state index contributed by atoms with van der Waals surface area (Å²) in [6, 6.07) is 1.39. The van der Waals surface area contributed by atoms with Gasteiger partial charge in [0.1, 0.15) is 5.82 Å². The van der Waals surface area contributed by atoms with Crippen LogP contribution in [0, 0.1) is 10.6 Å². The fourth-order valence-electron chi connectivity index (χ4n) is 1.50. The summed E-state index contributed by atoms with van der Waals surface area (Å²) in [4.78, 5) is 3.79. The lowest BCUT2D eigenvalue weighted by molar-refractivity contribution is 0.620. The second kappa shape index (κ2) is 4.52. The van der Waals surface area contributed by atoms with Gasteiger partial charge in [0.15, 0.2) is 10.6 Å². The van der Waals surface area contributed by atoms with Crippen molar-refractivity contribution in [2.75, 3.05) is 0 Å². The number of nitrogens with one attached hydrogen (secondary N) is 1. The van der Waals surface area contributed by atoms with Gasteiger partial charge in [-0.15, -0.1) is 0 Å². The molecule has 0 amide bonds. The summed E-state index contributed by atoms with van der Waals surface area (Å²) >= 11 is 5.10. The third-order valence-corrected chi connectivity index (χ3v) is 2.48. The number of rotatable bonds is 3. The molecule has 0 fully saturated rings. The quantitative estimate of drug-likeness (QED) is 0.836. The minimum Gasteiger partial charge on any atom is -0.300 e. The molecule has 2 aromatic rings. The van der Waals surface area contributed by atoms with Gasteiger partial charge in [0.2, 0.25) is 0 Å². The molecular formula is C10H11FN4S. The molecule has 0 radical (unpaired) electrons. The average Bonchev–Trinajstić information content (AvgIpc) is 2.61. The van der Waals surface area contributed by atoms with E-state index in [4.69, 9.17) is 12.2 Å². The monoisotopic (exact) mass is 238 g/mol. The summed E-state index contributed by atoms with van der Waals surface area (Å²) in [6.45, 7) is 2.80. The van der Waals surface area contributed by atoms with E-state index in [0.717, 1.165) is 19.2 Å². The van der Waals surface area contributed by atoms with E-state index < -0.39 is 0 Å². The first-order chi connectivity index (χ1) is 7.72. The van der Waals surface area contributed by atoms with Crippen molar-refractivity contribution in [2.24, 2.45) is 0 Å². The molecule has 0 spiro atoms. The zero-order valence-corrected chi connectivity index (χ0v) is 9.59. The minimum atomic E-state index is -0.380. The molecule has 1 N–H and O–H groups in total. The third kappa shape index (κ3) is 2.01. The van der Waals surface area contributed by atoms with Crippen LogP contribution in [0.1, 0.15) is 13.3 Å². The van der Waals surface area contributed by atoms with Gasteiger partial charge >= 0.3 is 0 Å². The van der Waals surface area contributed by atoms with Gasteiger partial charge in [-0.1, -0.05) is 6.92 Å². The number of hydrogen-bond acceptors (Lipinski definition) is 3. The fourth-order valence-corrected chi connectivity index (χ4v) is 1.73. The van der Waals surface area contributed by atoms with Gasteiger partial charge in [-0.3, -0.25) is 10.1 Å². The van der Waals surface area contributed by atoms with Crippen LogP contribution in [0.3, 0.4) is 0 Å². The number of hydrogen-bond donors (Lipinski definition) is 1. The van der Waals surface area contributed by atoms with E-state index in [1.54, 1.807) is 6.20 Å². The Morgan fingerprint density at radius 1 is 1.50 bits per heavy atom. The van der Waals surface area contributed by atoms with Crippen molar-refractivity contribution in [1.29, 1.82) is 0 Å². The normalized spacial score (nSPS) is 10.6. The molecule has 2 heterocycles. The first-order valence-electron chi connectivity index (χ1n) is 4.98. The highest BCUT2D eigenvalue weighted by Crippen LogP contribution is 2.17. The first kappa shape index (κ1) is 10.9. The van der Waals surface area contributed by atoms with E-state index in [9.17, 15) is 4.39 Å². The van der Waals surface area contributed by atoms with Crippen LogP contribution in [0.25, 0.3) is 11.4 Å². The molecule has 2 aromatic heterocycles. The Labute approximate surface area is 97.2 Å². The lowest BCUT2D eigenvalue weighted by atomic mass is 10.2. The van der Waals surface area contributed by atoms with Gasteiger partial charge in [0, 0.05) is 18.3 Å². The molecule has 0 aromatic carbocycles. The van der Waals surface area contributed by atoms with Crippen LogP contribution in [-0.2, 0) is 6.54 Å². The van der Waals surface area contributed by atoms with E-state index >= 15 is 0 Å². The third-order valence-electron chi connectivity index (χ3n) is 2.17. The fraction of sp³-hybridized carbons (Fsp3) is 0.300. The highest BCUT2D eigenvalue weighted by molar-refractivity contribution is 7.71. The number of halogens is 1. The molecular weight excluding hydrogens is 227 g/mol. The molecule has 84 valence electrons. The van der Waals surface area contributed by atoms with Crippen molar-refractivity contribution < 1.29 is 4.39 Å². The van der Waals surface area contributed by atoms with Crippen molar-refractivity contribution in [3.05, 3.63) is 29.0 Å². The van der Waals surface area contributed by atoms with Gasteiger partial charge in [0.05, 0.1) is 6.20 Å². The maximum atomic E-state index is 13.0. The largest absolute Gasteiger partial charge is 0.300 e. The lowest BCUT2D eigenvalue weighted by Crippen LogP contribution is -2.00. The molecule has 0 atom stereocenters. The second-order valence-electron chi connectivity index (χ2n) is 3.40. The van der Waals surface area contributed by atoms with E-state index in [1.165, 1.54) is 6.07 Å². The van der Waals surface area contributed by atoms with Crippen molar-refractivity contribution in [3.63, 3.8) is 0 Å². The van der Waals surface area contributed by atoms with Gasteiger partial charge in [-0.25, -0.2) is 4.39 Å². The van der Waals surface area contributed by atoms with Gasteiger partial charge in [-0.05, 0) is 24.7 Å². The predicted octanol–water partition coefficient (Wildman–Crippen LogP) is 2.55. The number of nitrogens with zero attached hydrogens (tertiary/aromatic N) is 3.